The molecule has 0 aliphatic heterocycles. The van der Waals surface area contributed by atoms with Crippen LogP contribution in [-0.2, 0) is 28.7 Å². The quantitative estimate of drug-likeness (QED) is 0.420. The molecule has 0 amide bonds. The first-order valence-electron chi connectivity index (χ1n) is 12.3. The van der Waals surface area contributed by atoms with E-state index in [9.17, 15) is 24.3 Å². The smallest absolute Gasteiger partial charge is 0.303 e. The summed E-state index contributed by atoms with van der Waals surface area (Å²) in [6, 6.07) is 0. The third kappa shape index (κ3) is 3.38. The highest BCUT2D eigenvalue weighted by molar-refractivity contribution is 9.10. The van der Waals surface area contributed by atoms with Crippen LogP contribution in [0.1, 0.15) is 60.8 Å². The van der Waals surface area contributed by atoms with E-state index in [0.29, 0.717) is 12.8 Å². The highest BCUT2D eigenvalue weighted by atomic mass is 79.9. The molecule has 4 aliphatic rings. The lowest BCUT2D eigenvalue weighted by Crippen LogP contribution is -2.70. The Labute approximate surface area is 214 Å². The summed E-state index contributed by atoms with van der Waals surface area (Å²) in [4.78, 5) is 49.8. The number of alkyl halides is 1. The number of aliphatic hydroxyl groups excluding tert-OH is 1. The predicted molar refractivity (Wildman–Crippen MR) is 131 cm³/mol. The zero-order valence-corrected chi connectivity index (χ0v) is 22.8. The monoisotopic (exact) mass is 550 g/mol. The van der Waals surface area contributed by atoms with Crippen molar-refractivity contribution >= 4 is 39.4 Å². The standard InChI is InChI=1S/C27H35BrO7/c1-14-9-21-20-10-15(2)27(35-17(4)30,23(33)13-34-16(3)29)25(20,6)12-22(32)26(21,28)24(5)8-7-18(31)11-19(14)24/h7-8,11,14-15,20-22,32H,9-10,12-13H2,1-6H3/t14?,15?,20-,21-,22?,24-,25-,26-,27-/m0/s1. The number of allylic oxidation sites excluding steroid dienone is 4. The third-order valence-corrected chi connectivity index (χ3v) is 11.6. The van der Waals surface area contributed by atoms with Crippen molar-refractivity contribution in [1.29, 1.82) is 0 Å². The Balaban J connectivity index is 1.85. The molecule has 0 aromatic rings. The third-order valence-electron chi connectivity index (χ3n) is 9.63. The van der Waals surface area contributed by atoms with Crippen LogP contribution in [0, 0.1) is 34.5 Å². The van der Waals surface area contributed by atoms with Crippen LogP contribution in [0.25, 0.3) is 0 Å². The molecular weight excluding hydrogens is 516 g/mol. The Morgan fingerprint density at radius 1 is 1.11 bits per heavy atom. The van der Waals surface area contributed by atoms with Crippen LogP contribution < -0.4 is 0 Å². The van der Waals surface area contributed by atoms with E-state index >= 15 is 0 Å². The van der Waals surface area contributed by atoms with Gasteiger partial charge in [0.15, 0.2) is 18.0 Å². The number of ether oxygens (including phenoxy) is 2. The number of Topliss-reactive ketones (excluding diaryl/α,β-unsaturated/α-hetero) is 1. The summed E-state index contributed by atoms with van der Waals surface area (Å²) >= 11 is 4.02. The summed E-state index contributed by atoms with van der Waals surface area (Å²) in [5.74, 6) is -2.03. The number of rotatable bonds is 4. The number of halogens is 1. The van der Waals surface area contributed by atoms with Gasteiger partial charge in [-0.3, -0.25) is 19.2 Å². The molecule has 0 saturated heterocycles. The van der Waals surface area contributed by atoms with Crippen molar-refractivity contribution in [3.8, 4) is 0 Å². The number of fused-ring (bicyclic) bond motifs is 5. The fourth-order valence-corrected chi connectivity index (χ4v) is 9.32. The second kappa shape index (κ2) is 8.37. The SMILES string of the molecule is CC(=O)OCC(=O)[C@@]1(OC(C)=O)C(C)C[C@H]2[C@@H]3CC(C)C4=CC(=O)C=C[C@]4(C)[C@@]3(Br)C(O)C[C@@]21C. The fourth-order valence-electron chi connectivity index (χ4n) is 8.29. The lowest BCUT2D eigenvalue weighted by atomic mass is 9.44. The van der Waals surface area contributed by atoms with Crippen molar-refractivity contribution in [2.24, 2.45) is 34.5 Å². The largest absolute Gasteiger partial charge is 0.458 e. The van der Waals surface area contributed by atoms with Crippen LogP contribution in [0.4, 0.5) is 0 Å². The van der Waals surface area contributed by atoms with Gasteiger partial charge in [0, 0.05) is 30.6 Å². The van der Waals surface area contributed by atoms with Crippen molar-refractivity contribution in [3.05, 3.63) is 23.8 Å². The summed E-state index contributed by atoms with van der Waals surface area (Å²) < 4.78 is 10.2. The molecule has 0 bridgehead atoms. The lowest BCUT2D eigenvalue weighted by Gasteiger charge is -2.65. The number of hydrogen-bond donors (Lipinski definition) is 1. The van der Waals surface area contributed by atoms with E-state index in [2.05, 4.69) is 29.8 Å². The lowest BCUT2D eigenvalue weighted by molar-refractivity contribution is -0.202. The van der Waals surface area contributed by atoms with E-state index in [1.807, 2.05) is 19.9 Å². The molecule has 3 fully saturated rings. The van der Waals surface area contributed by atoms with Gasteiger partial charge in [0.25, 0.3) is 0 Å². The number of esters is 2. The molecule has 35 heavy (non-hydrogen) atoms. The van der Waals surface area contributed by atoms with Crippen LogP contribution in [0.3, 0.4) is 0 Å². The number of carbonyl (C=O) groups excluding carboxylic acids is 4. The van der Waals surface area contributed by atoms with Gasteiger partial charge in [-0.1, -0.05) is 55.3 Å². The molecule has 0 aromatic carbocycles. The minimum Gasteiger partial charge on any atom is -0.458 e. The normalized spacial score (nSPS) is 46.1. The molecule has 0 radical (unpaired) electrons. The number of aliphatic hydroxyl groups is 1. The molecule has 0 aromatic heterocycles. The molecule has 4 rings (SSSR count). The first-order chi connectivity index (χ1) is 16.1. The molecule has 0 spiro atoms. The van der Waals surface area contributed by atoms with E-state index in [1.165, 1.54) is 13.8 Å². The van der Waals surface area contributed by atoms with Gasteiger partial charge in [-0.05, 0) is 49.2 Å². The molecule has 4 aliphatic carbocycles. The van der Waals surface area contributed by atoms with Crippen molar-refractivity contribution < 1.29 is 33.8 Å². The summed E-state index contributed by atoms with van der Waals surface area (Å²) in [5, 5.41) is 11.9. The molecule has 192 valence electrons. The average Bonchev–Trinajstić information content (AvgIpc) is 2.97. The molecule has 3 saturated carbocycles. The Hall–Kier alpha value is -1.80. The minimum atomic E-state index is -1.52. The molecule has 3 unspecified atom stereocenters. The minimum absolute atomic E-state index is 0.0477. The highest BCUT2D eigenvalue weighted by Crippen LogP contribution is 2.73. The van der Waals surface area contributed by atoms with E-state index < -0.39 is 51.2 Å². The zero-order valence-electron chi connectivity index (χ0n) is 21.2. The van der Waals surface area contributed by atoms with Gasteiger partial charge in [0.05, 0.1) is 10.4 Å². The molecular formula is C27H35BrO7. The number of carbonyl (C=O) groups is 4. The second-order valence-electron chi connectivity index (χ2n) is 11.5. The van der Waals surface area contributed by atoms with Gasteiger partial charge in [-0.25, -0.2) is 0 Å². The number of ketones is 2. The van der Waals surface area contributed by atoms with Crippen molar-refractivity contribution in [2.75, 3.05) is 6.61 Å². The van der Waals surface area contributed by atoms with E-state index in [-0.39, 0.29) is 35.9 Å². The van der Waals surface area contributed by atoms with Gasteiger partial charge < -0.3 is 14.6 Å². The maximum Gasteiger partial charge on any atom is 0.303 e. The zero-order chi connectivity index (χ0) is 26.1. The van der Waals surface area contributed by atoms with E-state index in [0.717, 1.165) is 5.57 Å². The maximum absolute atomic E-state index is 13.7. The average molecular weight is 551 g/mol. The van der Waals surface area contributed by atoms with Crippen LogP contribution in [0.15, 0.2) is 23.8 Å². The van der Waals surface area contributed by atoms with Crippen LogP contribution in [0.2, 0.25) is 0 Å². The van der Waals surface area contributed by atoms with Gasteiger partial charge in [-0.2, -0.15) is 0 Å². The molecule has 8 heteroatoms. The second-order valence-corrected chi connectivity index (χ2v) is 12.8. The molecule has 9 atom stereocenters. The topological polar surface area (TPSA) is 107 Å². The van der Waals surface area contributed by atoms with Crippen molar-refractivity contribution in [2.45, 2.75) is 76.8 Å². The predicted octanol–water partition coefficient (Wildman–Crippen LogP) is 3.71. The fraction of sp³-hybridized carbons (Fsp3) is 0.704. The molecule has 7 nitrogen and oxygen atoms in total. The Morgan fingerprint density at radius 3 is 2.37 bits per heavy atom. The van der Waals surface area contributed by atoms with Crippen molar-refractivity contribution in [1.82, 2.24) is 0 Å². The molecule has 1 N–H and O–H groups in total. The maximum atomic E-state index is 13.7. The van der Waals surface area contributed by atoms with Crippen LogP contribution in [-0.4, -0.2) is 51.2 Å². The van der Waals surface area contributed by atoms with Gasteiger partial charge in [0.2, 0.25) is 5.78 Å². The highest BCUT2D eigenvalue weighted by Gasteiger charge is 2.76. The van der Waals surface area contributed by atoms with E-state index in [4.69, 9.17) is 9.47 Å². The van der Waals surface area contributed by atoms with Crippen molar-refractivity contribution in [3.63, 3.8) is 0 Å². The Morgan fingerprint density at radius 2 is 1.77 bits per heavy atom. The van der Waals surface area contributed by atoms with E-state index in [1.54, 1.807) is 12.2 Å². The van der Waals surface area contributed by atoms with Gasteiger partial charge in [0.1, 0.15) is 0 Å². The summed E-state index contributed by atoms with van der Waals surface area (Å²) in [5.41, 5.74) is -1.99. The first-order valence-corrected chi connectivity index (χ1v) is 13.1. The van der Waals surface area contributed by atoms with Crippen LogP contribution >= 0.6 is 15.9 Å². The van der Waals surface area contributed by atoms with Gasteiger partial charge >= 0.3 is 11.9 Å². The summed E-state index contributed by atoms with van der Waals surface area (Å²) in [7, 11) is 0. The first kappa shape index (κ1) is 26.3. The van der Waals surface area contributed by atoms with Gasteiger partial charge in [-0.15, -0.1) is 0 Å². The Kier molecular flexibility index (Phi) is 6.28. The molecule has 0 heterocycles. The van der Waals surface area contributed by atoms with Crippen LogP contribution in [0.5, 0.6) is 0 Å². The number of hydrogen-bond acceptors (Lipinski definition) is 7. The Bertz CT molecular complexity index is 1050. The summed E-state index contributed by atoms with van der Waals surface area (Å²) in [6.07, 6.45) is 5.84. The summed E-state index contributed by atoms with van der Waals surface area (Å²) in [6.45, 7) is 10.0.